The van der Waals surface area contributed by atoms with Gasteiger partial charge in [-0.3, -0.25) is 4.79 Å². The Morgan fingerprint density at radius 3 is 2.77 bits per heavy atom. The molecule has 0 unspecified atom stereocenters. The van der Waals surface area contributed by atoms with E-state index in [1.54, 1.807) is 12.3 Å². The number of aliphatic hydroxyl groups excluding tert-OH is 1. The summed E-state index contributed by atoms with van der Waals surface area (Å²) in [5, 5.41) is 25.0. The number of H-pyrrole nitrogens is 1. The van der Waals surface area contributed by atoms with E-state index < -0.39 is 0 Å². The van der Waals surface area contributed by atoms with Crippen molar-refractivity contribution in [2.45, 2.75) is 63.1 Å². The van der Waals surface area contributed by atoms with E-state index in [1.165, 1.54) is 0 Å². The molecule has 0 saturated heterocycles. The Labute approximate surface area is 173 Å². The second-order valence-corrected chi connectivity index (χ2v) is 8.20. The third kappa shape index (κ3) is 4.11. The Morgan fingerprint density at radius 2 is 1.97 bits per heavy atom. The molecule has 2 aliphatic carbocycles. The standard InChI is InChI=1S/C21H25N7O2/c29-15-8-6-14(7-9-15)24-21-23-10-13-2-1-3-16(18(13)26-21)20(30)22-11-17-25-19(28-27-17)12-4-5-12/h1-3,10,12,14-15,29H,4-9,11H2,(H,22,30)(H,23,24,26)(H,25,27,28)/t14-,15-. The number of para-hydroxylation sites is 1. The molecule has 5 rings (SSSR count). The highest BCUT2D eigenvalue weighted by molar-refractivity contribution is 6.05. The molecule has 2 aromatic heterocycles. The third-order valence-electron chi connectivity index (χ3n) is 5.82. The van der Waals surface area contributed by atoms with Crippen molar-refractivity contribution in [3.63, 3.8) is 0 Å². The topological polar surface area (TPSA) is 129 Å². The van der Waals surface area contributed by atoms with Crippen LogP contribution in [0.5, 0.6) is 0 Å². The minimum atomic E-state index is -0.213. The van der Waals surface area contributed by atoms with Gasteiger partial charge < -0.3 is 20.7 Å². The lowest BCUT2D eigenvalue weighted by molar-refractivity contribution is 0.0951. The van der Waals surface area contributed by atoms with Crippen LogP contribution >= 0.6 is 0 Å². The molecule has 0 spiro atoms. The maximum atomic E-state index is 12.8. The van der Waals surface area contributed by atoms with Crippen molar-refractivity contribution in [3.8, 4) is 0 Å². The molecule has 9 nitrogen and oxygen atoms in total. The SMILES string of the molecule is O=C(NCc1nnc(C2CC2)[nH]1)c1cccc2cnc(N[C@H]3CC[C@H](O)CC3)nc12. The average Bonchev–Trinajstić information content (AvgIpc) is 3.51. The van der Waals surface area contributed by atoms with Crippen LogP contribution in [0.15, 0.2) is 24.4 Å². The predicted octanol–water partition coefficient (Wildman–Crippen LogP) is 2.27. The zero-order valence-corrected chi connectivity index (χ0v) is 16.6. The lowest BCUT2D eigenvalue weighted by atomic mass is 9.93. The number of hydrogen-bond acceptors (Lipinski definition) is 7. The molecule has 2 aliphatic rings. The first-order valence-electron chi connectivity index (χ1n) is 10.6. The Bertz CT molecular complexity index is 1050. The summed E-state index contributed by atoms with van der Waals surface area (Å²) in [6.45, 7) is 0.287. The van der Waals surface area contributed by atoms with Crippen LogP contribution in [0.1, 0.15) is 66.4 Å². The first kappa shape index (κ1) is 18.9. The number of nitrogens with zero attached hydrogens (tertiary/aromatic N) is 4. The van der Waals surface area contributed by atoms with E-state index >= 15 is 0 Å². The van der Waals surface area contributed by atoms with Gasteiger partial charge in [-0.05, 0) is 44.6 Å². The number of carbonyl (C=O) groups excluding carboxylic acids is 1. The van der Waals surface area contributed by atoms with E-state index in [9.17, 15) is 9.90 Å². The number of aromatic amines is 1. The van der Waals surface area contributed by atoms with Gasteiger partial charge in [-0.1, -0.05) is 12.1 Å². The summed E-state index contributed by atoms with van der Waals surface area (Å²) >= 11 is 0. The summed E-state index contributed by atoms with van der Waals surface area (Å²) < 4.78 is 0. The number of fused-ring (bicyclic) bond motifs is 1. The summed E-state index contributed by atoms with van der Waals surface area (Å²) in [6, 6.07) is 5.72. The molecular formula is C21H25N7O2. The van der Waals surface area contributed by atoms with E-state index in [-0.39, 0.29) is 24.6 Å². The van der Waals surface area contributed by atoms with Crippen LogP contribution < -0.4 is 10.6 Å². The van der Waals surface area contributed by atoms with Gasteiger partial charge in [0.1, 0.15) is 11.6 Å². The molecule has 1 aromatic carbocycles. The number of carbonyl (C=O) groups is 1. The third-order valence-corrected chi connectivity index (χ3v) is 5.82. The fourth-order valence-corrected chi connectivity index (χ4v) is 3.90. The van der Waals surface area contributed by atoms with Gasteiger partial charge in [0, 0.05) is 23.5 Å². The van der Waals surface area contributed by atoms with Crippen molar-refractivity contribution in [2.75, 3.05) is 5.32 Å². The predicted molar refractivity (Wildman–Crippen MR) is 111 cm³/mol. The largest absolute Gasteiger partial charge is 0.393 e. The van der Waals surface area contributed by atoms with Gasteiger partial charge in [-0.15, -0.1) is 10.2 Å². The number of anilines is 1. The molecular weight excluding hydrogens is 382 g/mol. The molecule has 2 fully saturated rings. The van der Waals surface area contributed by atoms with Crippen molar-refractivity contribution in [1.82, 2.24) is 30.5 Å². The van der Waals surface area contributed by atoms with Gasteiger partial charge in [0.2, 0.25) is 5.95 Å². The molecule has 1 amide bonds. The smallest absolute Gasteiger partial charge is 0.253 e. The summed E-state index contributed by atoms with van der Waals surface area (Å²) in [5.41, 5.74) is 1.11. The number of aromatic nitrogens is 5. The van der Waals surface area contributed by atoms with E-state index in [0.717, 1.165) is 49.7 Å². The summed E-state index contributed by atoms with van der Waals surface area (Å²) in [4.78, 5) is 25.0. The van der Waals surface area contributed by atoms with Crippen LogP contribution in [0.4, 0.5) is 5.95 Å². The normalized spacial score (nSPS) is 21.5. The fraction of sp³-hybridized carbons (Fsp3) is 0.476. The second-order valence-electron chi connectivity index (χ2n) is 8.20. The zero-order chi connectivity index (χ0) is 20.5. The minimum Gasteiger partial charge on any atom is -0.393 e. The van der Waals surface area contributed by atoms with E-state index in [1.807, 2.05) is 12.1 Å². The van der Waals surface area contributed by atoms with Crippen LogP contribution in [0, 0.1) is 0 Å². The van der Waals surface area contributed by atoms with Crippen molar-refractivity contribution >= 4 is 22.8 Å². The van der Waals surface area contributed by atoms with Gasteiger partial charge in [-0.2, -0.15) is 0 Å². The zero-order valence-electron chi connectivity index (χ0n) is 16.6. The molecule has 156 valence electrons. The molecule has 4 N–H and O–H groups in total. The second kappa shape index (κ2) is 7.98. The van der Waals surface area contributed by atoms with Gasteiger partial charge in [-0.25, -0.2) is 9.97 Å². The van der Waals surface area contributed by atoms with Crippen LogP contribution in [0.25, 0.3) is 10.9 Å². The monoisotopic (exact) mass is 407 g/mol. The first-order chi connectivity index (χ1) is 14.7. The van der Waals surface area contributed by atoms with Gasteiger partial charge in [0.15, 0.2) is 0 Å². The molecule has 0 bridgehead atoms. The Balaban J connectivity index is 1.30. The minimum absolute atomic E-state index is 0.208. The van der Waals surface area contributed by atoms with Gasteiger partial charge in [0.25, 0.3) is 5.91 Å². The summed E-state index contributed by atoms with van der Waals surface area (Å²) in [5.74, 6) is 2.35. The Hall–Kier alpha value is -3.07. The Kier molecular flexibility index (Phi) is 5.04. The van der Waals surface area contributed by atoms with Crippen molar-refractivity contribution < 1.29 is 9.90 Å². The van der Waals surface area contributed by atoms with Gasteiger partial charge >= 0.3 is 0 Å². The highest BCUT2D eigenvalue weighted by Crippen LogP contribution is 2.37. The van der Waals surface area contributed by atoms with Crippen LogP contribution in [-0.4, -0.2) is 48.3 Å². The average molecular weight is 407 g/mol. The fourth-order valence-electron chi connectivity index (χ4n) is 3.90. The summed E-state index contributed by atoms with van der Waals surface area (Å²) in [6.07, 6.45) is 7.14. The van der Waals surface area contributed by atoms with Crippen LogP contribution in [0.2, 0.25) is 0 Å². The van der Waals surface area contributed by atoms with E-state index in [0.29, 0.717) is 28.8 Å². The number of rotatable bonds is 6. The molecule has 9 heteroatoms. The number of benzene rings is 1. The highest BCUT2D eigenvalue weighted by Gasteiger charge is 2.27. The lowest BCUT2D eigenvalue weighted by Gasteiger charge is -2.26. The highest BCUT2D eigenvalue weighted by atomic mass is 16.3. The molecule has 0 radical (unpaired) electrons. The molecule has 3 aromatic rings. The van der Waals surface area contributed by atoms with Crippen molar-refractivity contribution in [2.24, 2.45) is 0 Å². The maximum absolute atomic E-state index is 12.8. The number of nitrogens with one attached hydrogen (secondary N) is 3. The first-order valence-corrected chi connectivity index (χ1v) is 10.6. The van der Waals surface area contributed by atoms with E-state index in [4.69, 9.17) is 0 Å². The molecule has 0 atom stereocenters. The Morgan fingerprint density at radius 1 is 1.13 bits per heavy atom. The lowest BCUT2D eigenvalue weighted by Crippen LogP contribution is -2.29. The maximum Gasteiger partial charge on any atom is 0.253 e. The van der Waals surface area contributed by atoms with Crippen LogP contribution in [0.3, 0.4) is 0 Å². The number of hydrogen-bond donors (Lipinski definition) is 4. The van der Waals surface area contributed by atoms with Crippen molar-refractivity contribution in [3.05, 3.63) is 41.6 Å². The summed E-state index contributed by atoms with van der Waals surface area (Å²) in [7, 11) is 0. The molecule has 30 heavy (non-hydrogen) atoms. The molecule has 2 saturated carbocycles. The molecule has 0 aliphatic heterocycles. The number of amides is 1. The molecule has 2 heterocycles. The quantitative estimate of drug-likeness (QED) is 0.493. The van der Waals surface area contributed by atoms with E-state index in [2.05, 4.69) is 35.8 Å². The van der Waals surface area contributed by atoms with Gasteiger partial charge in [0.05, 0.1) is 23.7 Å². The van der Waals surface area contributed by atoms with Crippen molar-refractivity contribution in [1.29, 1.82) is 0 Å². The number of aliphatic hydroxyl groups is 1. The van der Waals surface area contributed by atoms with Crippen LogP contribution in [-0.2, 0) is 6.54 Å².